The fourth-order valence-corrected chi connectivity index (χ4v) is 2.97. The minimum Gasteiger partial charge on any atom is -0.333 e. The normalized spacial score (nSPS) is 14.0. The maximum atomic E-state index is 12.2. The summed E-state index contributed by atoms with van der Waals surface area (Å²) in [5.41, 5.74) is 2.00. The Morgan fingerprint density at radius 2 is 2.10 bits per heavy atom. The van der Waals surface area contributed by atoms with Crippen LogP contribution in [0.25, 0.3) is 0 Å². The highest BCUT2D eigenvalue weighted by Crippen LogP contribution is 2.36. The molecule has 1 aliphatic rings. The smallest absolute Gasteiger partial charge is 0.299 e. The van der Waals surface area contributed by atoms with Gasteiger partial charge in [0.2, 0.25) is 0 Å². The summed E-state index contributed by atoms with van der Waals surface area (Å²) in [6.07, 6.45) is 3.44. The highest BCUT2D eigenvalue weighted by molar-refractivity contribution is 9.10. The van der Waals surface area contributed by atoms with E-state index >= 15 is 0 Å². The van der Waals surface area contributed by atoms with E-state index in [1.54, 1.807) is 24.7 Å². The van der Waals surface area contributed by atoms with Crippen LogP contribution in [-0.4, -0.2) is 21.2 Å². The van der Waals surface area contributed by atoms with Crippen molar-refractivity contribution < 1.29 is 9.59 Å². The maximum absolute atomic E-state index is 12.2. The predicted octanol–water partition coefficient (Wildman–Crippen LogP) is 2.40. The van der Waals surface area contributed by atoms with Gasteiger partial charge in [0.15, 0.2) is 0 Å². The number of amides is 1. The second-order valence-electron chi connectivity index (χ2n) is 4.53. The summed E-state index contributed by atoms with van der Waals surface area (Å²) in [6.45, 7) is 3.12. The van der Waals surface area contributed by atoms with Gasteiger partial charge in [-0.25, -0.2) is 4.98 Å². The highest BCUT2D eigenvalue weighted by atomic mass is 79.9. The molecule has 0 fully saturated rings. The molecular formula is C14H12BrN3O2. The number of aromatic nitrogens is 2. The van der Waals surface area contributed by atoms with Crippen molar-refractivity contribution in [2.45, 2.75) is 20.0 Å². The molecule has 2 heterocycles. The van der Waals surface area contributed by atoms with E-state index in [9.17, 15) is 9.59 Å². The number of carbonyl (C=O) groups is 2. The first-order chi connectivity index (χ1) is 9.63. The fraction of sp³-hybridized carbons (Fsp3) is 0.214. The van der Waals surface area contributed by atoms with Crippen molar-refractivity contribution in [1.29, 1.82) is 0 Å². The first kappa shape index (κ1) is 13.1. The van der Waals surface area contributed by atoms with Gasteiger partial charge in [0.1, 0.15) is 0 Å². The second kappa shape index (κ2) is 4.86. The molecular weight excluding hydrogens is 322 g/mol. The van der Waals surface area contributed by atoms with Crippen LogP contribution in [0.4, 0.5) is 5.69 Å². The lowest BCUT2D eigenvalue weighted by molar-refractivity contribution is -0.114. The van der Waals surface area contributed by atoms with Gasteiger partial charge in [-0.15, -0.1) is 0 Å². The van der Waals surface area contributed by atoms with Gasteiger partial charge in [-0.05, 0) is 35.0 Å². The van der Waals surface area contributed by atoms with Crippen molar-refractivity contribution in [1.82, 2.24) is 9.55 Å². The summed E-state index contributed by atoms with van der Waals surface area (Å²) in [6, 6.07) is 5.26. The second-order valence-corrected chi connectivity index (χ2v) is 5.38. The summed E-state index contributed by atoms with van der Waals surface area (Å²) in [7, 11) is 0. The van der Waals surface area contributed by atoms with Gasteiger partial charge in [-0.3, -0.25) is 14.5 Å². The topological polar surface area (TPSA) is 55.2 Å². The predicted molar refractivity (Wildman–Crippen MR) is 77.6 cm³/mol. The molecule has 5 nitrogen and oxygen atoms in total. The van der Waals surface area contributed by atoms with Crippen LogP contribution in [0.5, 0.6) is 0 Å². The average Bonchev–Trinajstić information content (AvgIpc) is 2.99. The lowest BCUT2D eigenvalue weighted by Crippen LogP contribution is -2.30. The van der Waals surface area contributed by atoms with Gasteiger partial charge in [0.05, 0.1) is 29.8 Å². The largest absolute Gasteiger partial charge is 0.333 e. The first-order valence-corrected chi connectivity index (χ1v) is 7.06. The number of fused-ring (bicyclic) bond motifs is 1. The number of carbonyl (C=O) groups excluding carboxylic acids is 2. The molecule has 1 aromatic heterocycles. The number of para-hydroxylation sites is 1. The molecule has 0 spiro atoms. The minimum atomic E-state index is -0.490. The van der Waals surface area contributed by atoms with Crippen molar-refractivity contribution >= 4 is 33.3 Å². The van der Waals surface area contributed by atoms with Crippen LogP contribution in [0.2, 0.25) is 0 Å². The molecule has 1 amide bonds. The molecule has 0 saturated carbocycles. The number of anilines is 1. The van der Waals surface area contributed by atoms with Crippen LogP contribution >= 0.6 is 15.9 Å². The molecule has 20 heavy (non-hydrogen) atoms. The Hall–Kier alpha value is -1.95. The fourth-order valence-electron chi connectivity index (χ4n) is 2.39. The van der Waals surface area contributed by atoms with E-state index in [2.05, 4.69) is 20.9 Å². The zero-order valence-corrected chi connectivity index (χ0v) is 12.4. The first-order valence-electron chi connectivity index (χ1n) is 6.27. The highest BCUT2D eigenvalue weighted by Gasteiger charge is 2.37. The number of imidazole rings is 1. The van der Waals surface area contributed by atoms with E-state index in [1.807, 2.05) is 17.6 Å². The maximum Gasteiger partial charge on any atom is 0.299 e. The number of hydrogen-bond acceptors (Lipinski definition) is 3. The van der Waals surface area contributed by atoms with Crippen molar-refractivity contribution in [3.05, 3.63) is 46.5 Å². The Kier molecular flexibility index (Phi) is 3.17. The van der Waals surface area contributed by atoms with E-state index in [0.717, 1.165) is 16.7 Å². The average molecular weight is 334 g/mol. The summed E-state index contributed by atoms with van der Waals surface area (Å²) in [5.74, 6) is -0.945. The quantitative estimate of drug-likeness (QED) is 0.810. The number of Topliss-reactive ketones (excluding diaryl/α,β-unsaturated/α-hetero) is 1. The molecule has 0 unspecified atom stereocenters. The van der Waals surface area contributed by atoms with Crippen LogP contribution in [0, 0.1) is 0 Å². The number of benzene rings is 1. The van der Waals surface area contributed by atoms with Crippen molar-refractivity contribution in [3.63, 3.8) is 0 Å². The van der Waals surface area contributed by atoms with Gasteiger partial charge >= 0.3 is 0 Å². The minimum absolute atomic E-state index is 0.341. The van der Waals surface area contributed by atoms with E-state index in [1.165, 1.54) is 4.90 Å². The van der Waals surface area contributed by atoms with Crippen molar-refractivity contribution in [2.75, 3.05) is 4.90 Å². The van der Waals surface area contributed by atoms with Crippen LogP contribution < -0.4 is 4.90 Å². The molecule has 0 aliphatic carbocycles. The number of nitrogens with zero attached hydrogens (tertiary/aromatic N) is 3. The van der Waals surface area contributed by atoms with E-state index in [-0.39, 0.29) is 0 Å². The Morgan fingerprint density at radius 1 is 1.30 bits per heavy atom. The molecule has 102 valence electrons. The molecule has 2 aromatic rings. The van der Waals surface area contributed by atoms with Crippen LogP contribution in [0.3, 0.4) is 0 Å². The van der Waals surface area contributed by atoms with E-state index in [0.29, 0.717) is 17.8 Å². The van der Waals surface area contributed by atoms with Gasteiger partial charge < -0.3 is 4.57 Å². The Bertz CT molecular complexity index is 708. The molecule has 1 aliphatic heterocycles. The van der Waals surface area contributed by atoms with E-state index < -0.39 is 11.7 Å². The Morgan fingerprint density at radius 3 is 2.85 bits per heavy atom. The molecule has 0 saturated heterocycles. The van der Waals surface area contributed by atoms with Crippen LogP contribution in [-0.2, 0) is 17.9 Å². The molecule has 3 rings (SSSR count). The van der Waals surface area contributed by atoms with Gasteiger partial charge in [-0.1, -0.05) is 6.07 Å². The summed E-state index contributed by atoms with van der Waals surface area (Å²) >= 11 is 3.41. The summed E-state index contributed by atoms with van der Waals surface area (Å²) in [5, 5.41) is 0. The summed E-state index contributed by atoms with van der Waals surface area (Å²) < 4.78 is 2.70. The molecule has 0 radical (unpaired) electrons. The lowest BCUT2D eigenvalue weighted by atomic mass is 10.1. The monoisotopic (exact) mass is 333 g/mol. The molecule has 0 bridgehead atoms. The number of ketones is 1. The number of aryl methyl sites for hydroxylation is 1. The standard InChI is InChI=1S/C14H12BrN3O2/c1-2-17-8-16-6-9(17)7-18-12-10(13(19)14(18)20)4-3-5-11(12)15/h3-6,8H,2,7H2,1H3. The molecule has 0 atom stereocenters. The number of halogens is 1. The SMILES string of the molecule is CCn1cncc1CN1C(=O)C(=O)c2cccc(Br)c21. The molecule has 6 heteroatoms. The number of rotatable bonds is 3. The number of hydrogen-bond donors (Lipinski definition) is 0. The lowest BCUT2D eigenvalue weighted by Gasteiger charge is -2.18. The van der Waals surface area contributed by atoms with Crippen LogP contribution in [0.15, 0.2) is 35.2 Å². The Balaban J connectivity index is 2.03. The molecule has 1 aromatic carbocycles. The van der Waals surface area contributed by atoms with Crippen molar-refractivity contribution in [2.24, 2.45) is 0 Å². The van der Waals surface area contributed by atoms with Crippen molar-refractivity contribution in [3.8, 4) is 0 Å². The third-order valence-corrected chi connectivity index (χ3v) is 4.04. The van der Waals surface area contributed by atoms with E-state index in [4.69, 9.17) is 0 Å². The zero-order chi connectivity index (χ0) is 14.3. The van der Waals surface area contributed by atoms with Crippen LogP contribution in [0.1, 0.15) is 23.0 Å². The summed E-state index contributed by atoms with van der Waals surface area (Å²) in [4.78, 5) is 29.8. The molecule has 0 N–H and O–H groups in total. The van der Waals surface area contributed by atoms with Gasteiger partial charge in [0, 0.05) is 17.2 Å². The van der Waals surface area contributed by atoms with Gasteiger partial charge in [-0.2, -0.15) is 0 Å². The zero-order valence-electron chi connectivity index (χ0n) is 10.8. The third kappa shape index (κ3) is 1.87. The van der Waals surface area contributed by atoms with Gasteiger partial charge in [0.25, 0.3) is 11.7 Å². The third-order valence-electron chi connectivity index (χ3n) is 3.40. The Labute approximate surface area is 124 Å².